The Balaban J connectivity index is 0.000000448. The standard InChI is InChI=1S/C12H18.C8H12N2.C8H12S.CH4/c1-7-8(2)10(4)12(6)11(5)9(7)3;1-5-6(2)9-8(4)10-7(5)3;1-5-6(2)8(4)9-7(5)3;/h1-6H3;1-4H3;1-4H3;1H4. The smallest absolute Gasteiger partial charge is 0.125 e. The first kappa shape index (κ1) is 30.0. The van der Waals surface area contributed by atoms with Crippen molar-refractivity contribution in [3.8, 4) is 0 Å². The normalized spacial score (nSPS) is 9.94. The van der Waals surface area contributed by atoms with Crippen LogP contribution in [0.3, 0.4) is 0 Å². The Bertz CT molecular complexity index is 921. The van der Waals surface area contributed by atoms with Gasteiger partial charge < -0.3 is 0 Å². The molecule has 3 rings (SSSR count). The van der Waals surface area contributed by atoms with Gasteiger partial charge in [-0.25, -0.2) is 9.97 Å². The van der Waals surface area contributed by atoms with Crippen molar-refractivity contribution in [3.63, 3.8) is 0 Å². The minimum absolute atomic E-state index is 0. The first-order valence-corrected chi connectivity index (χ1v) is 11.9. The molecule has 0 saturated heterocycles. The predicted octanol–water partition coefficient (Wildman–Crippen LogP) is 8.87. The largest absolute Gasteiger partial charge is 0.238 e. The van der Waals surface area contributed by atoms with Crippen molar-refractivity contribution in [1.82, 2.24) is 9.97 Å². The average molecular weight is 455 g/mol. The van der Waals surface area contributed by atoms with Crippen LogP contribution in [-0.4, -0.2) is 9.97 Å². The van der Waals surface area contributed by atoms with E-state index in [1.54, 1.807) is 0 Å². The van der Waals surface area contributed by atoms with E-state index in [1.807, 2.05) is 39.0 Å². The summed E-state index contributed by atoms with van der Waals surface area (Å²) in [5.41, 5.74) is 15.0. The molecule has 3 aromatic rings. The van der Waals surface area contributed by atoms with Crippen molar-refractivity contribution >= 4 is 11.3 Å². The van der Waals surface area contributed by atoms with Gasteiger partial charge in [-0.1, -0.05) is 7.43 Å². The molecule has 0 spiro atoms. The van der Waals surface area contributed by atoms with Crippen molar-refractivity contribution in [3.05, 3.63) is 77.0 Å². The van der Waals surface area contributed by atoms with Crippen LogP contribution in [0.4, 0.5) is 0 Å². The lowest BCUT2D eigenvalue weighted by molar-refractivity contribution is 0.948. The molecule has 0 saturated carbocycles. The number of benzene rings is 1. The molecule has 2 aromatic heterocycles. The van der Waals surface area contributed by atoms with E-state index >= 15 is 0 Å². The van der Waals surface area contributed by atoms with Crippen LogP contribution in [-0.2, 0) is 0 Å². The van der Waals surface area contributed by atoms with Crippen molar-refractivity contribution in [2.45, 2.75) is 104 Å². The summed E-state index contributed by atoms with van der Waals surface area (Å²) in [7, 11) is 0. The quantitative estimate of drug-likeness (QED) is 0.339. The van der Waals surface area contributed by atoms with Gasteiger partial charge in [-0.05, 0) is 147 Å². The van der Waals surface area contributed by atoms with E-state index in [4.69, 9.17) is 0 Å². The van der Waals surface area contributed by atoms with Gasteiger partial charge in [-0.2, -0.15) is 0 Å². The number of nitrogens with zero attached hydrogens (tertiary/aromatic N) is 2. The van der Waals surface area contributed by atoms with Crippen LogP contribution in [0.25, 0.3) is 0 Å². The lowest BCUT2D eigenvalue weighted by atomic mass is 9.90. The third-order valence-electron chi connectivity index (χ3n) is 7.04. The summed E-state index contributed by atoms with van der Waals surface area (Å²) in [5.74, 6) is 0.862. The van der Waals surface area contributed by atoms with Crippen LogP contribution in [0, 0.1) is 96.9 Å². The zero-order valence-electron chi connectivity index (χ0n) is 22.3. The van der Waals surface area contributed by atoms with Gasteiger partial charge in [0.15, 0.2) is 0 Å². The van der Waals surface area contributed by atoms with Gasteiger partial charge >= 0.3 is 0 Å². The van der Waals surface area contributed by atoms with E-state index in [0.29, 0.717) is 0 Å². The summed E-state index contributed by atoms with van der Waals surface area (Å²) in [6.07, 6.45) is 0. The molecule has 0 unspecified atom stereocenters. The fraction of sp³-hybridized carbons (Fsp3) is 0.517. The van der Waals surface area contributed by atoms with Gasteiger partial charge in [-0.3, -0.25) is 0 Å². The van der Waals surface area contributed by atoms with Crippen LogP contribution in [0.1, 0.15) is 84.5 Å². The molecule has 0 atom stereocenters. The number of thiophene rings is 1. The molecule has 0 amide bonds. The van der Waals surface area contributed by atoms with Gasteiger partial charge in [0.1, 0.15) is 5.82 Å². The topological polar surface area (TPSA) is 25.8 Å². The zero-order valence-corrected chi connectivity index (χ0v) is 23.1. The fourth-order valence-electron chi connectivity index (χ4n) is 3.54. The third kappa shape index (κ3) is 7.00. The summed E-state index contributed by atoms with van der Waals surface area (Å²) in [5, 5.41) is 0. The second-order valence-electron chi connectivity index (χ2n) is 8.78. The van der Waals surface area contributed by atoms with Gasteiger partial charge in [0.2, 0.25) is 0 Å². The van der Waals surface area contributed by atoms with Crippen LogP contribution in [0.2, 0.25) is 0 Å². The third-order valence-corrected chi connectivity index (χ3v) is 8.27. The van der Waals surface area contributed by atoms with E-state index in [1.165, 1.54) is 59.8 Å². The van der Waals surface area contributed by atoms with Crippen LogP contribution < -0.4 is 0 Å². The summed E-state index contributed by atoms with van der Waals surface area (Å²) in [6, 6.07) is 0. The van der Waals surface area contributed by atoms with Crippen LogP contribution in [0.15, 0.2) is 0 Å². The molecule has 0 bridgehead atoms. The fourth-order valence-corrected chi connectivity index (χ4v) is 4.61. The highest BCUT2D eigenvalue weighted by Gasteiger charge is 2.07. The predicted molar refractivity (Wildman–Crippen MR) is 146 cm³/mol. The van der Waals surface area contributed by atoms with E-state index in [0.717, 1.165) is 17.2 Å². The Kier molecular flexibility index (Phi) is 11.5. The molecule has 0 aliphatic carbocycles. The molecule has 0 radical (unpaired) electrons. The summed E-state index contributed by atoms with van der Waals surface area (Å²) < 4.78 is 0. The molecule has 3 heteroatoms. The molecule has 32 heavy (non-hydrogen) atoms. The maximum absolute atomic E-state index is 4.22. The monoisotopic (exact) mass is 454 g/mol. The van der Waals surface area contributed by atoms with Crippen molar-refractivity contribution in [2.24, 2.45) is 0 Å². The number of hydrogen-bond donors (Lipinski definition) is 0. The highest BCUT2D eigenvalue weighted by atomic mass is 32.1. The van der Waals surface area contributed by atoms with E-state index in [9.17, 15) is 0 Å². The highest BCUT2D eigenvalue weighted by molar-refractivity contribution is 7.12. The molecular weight excluding hydrogens is 408 g/mol. The van der Waals surface area contributed by atoms with Gasteiger partial charge in [0.25, 0.3) is 0 Å². The van der Waals surface area contributed by atoms with E-state index in [-0.39, 0.29) is 7.43 Å². The average Bonchev–Trinajstić information content (AvgIpc) is 2.94. The van der Waals surface area contributed by atoms with E-state index in [2.05, 4.69) is 79.2 Å². The lowest BCUT2D eigenvalue weighted by Gasteiger charge is -2.15. The first-order chi connectivity index (χ1) is 14.2. The lowest BCUT2D eigenvalue weighted by Crippen LogP contribution is -1.98. The molecule has 0 aliphatic heterocycles. The Morgan fingerprint density at radius 2 is 0.625 bits per heavy atom. The molecule has 0 fully saturated rings. The SMILES string of the molecule is C.Cc1c(C)c(C)c(C)c(C)c1C.Cc1nc(C)c(C)c(C)n1.Cc1sc(C)c(C)c1C. The number of rotatable bonds is 0. The Morgan fingerprint density at radius 1 is 0.375 bits per heavy atom. The Labute approximate surface area is 202 Å². The van der Waals surface area contributed by atoms with Crippen molar-refractivity contribution < 1.29 is 0 Å². The second kappa shape index (κ2) is 12.3. The number of hydrogen-bond acceptors (Lipinski definition) is 3. The van der Waals surface area contributed by atoms with Crippen LogP contribution in [0.5, 0.6) is 0 Å². The minimum atomic E-state index is 0. The molecule has 178 valence electrons. The zero-order chi connectivity index (χ0) is 24.2. The Hall–Kier alpha value is -2.00. The summed E-state index contributed by atoms with van der Waals surface area (Å²) in [4.78, 5) is 11.4. The molecule has 2 nitrogen and oxygen atoms in total. The minimum Gasteiger partial charge on any atom is -0.238 e. The van der Waals surface area contributed by atoms with E-state index < -0.39 is 0 Å². The molecule has 0 N–H and O–H groups in total. The first-order valence-electron chi connectivity index (χ1n) is 11.1. The van der Waals surface area contributed by atoms with Gasteiger partial charge in [0, 0.05) is 21.1 Å². The maximum Gasteiger partial charge on any atom is 0.125 e. The maximum atomic E-state index is 4.22. The molecule has 0 aliphatic rings. The van der Waals surface area contributed by atoms with Crippen LogP contribution >= 0.6 is 11.3 Å². The number of aryl methyl sites for hydroxylation is 5. The molecule has 1 aromatic carbocycles. The summed E-state index contributed by atoms with van der Waals surface area (Å²) >= 11 is 1.90. The molecule has 2 heterocycles. The van der Waals surface area contributed by atoms with Crippen molar-refractivity contribution in [2.75, 3.05) is 0 Å². The summed E-state index contributed by atoms with van der Waals surface area (Å²) in [6.45, 7) is 30.0. The highest BCUT2D eigenvalue weighted by Crippen LogP contribution is 2.25. The number of aromatic nitrogens is 2. The molecular formula is C29H46N2S. The van der Waals surface area contributed by atoms with Crippen molar-refractivity contribution in [1.29, 1.82) is 0 Å². The second-order valence-corrected chi connectivity index (χ2v) is 10.2. The van der Waals surface area contributed by atoms with Gasteiger partial charge in [0.05, 0.1) is 0 Å². The van der Waals surface area contributed by atoms with Gasteiger partial charge in [-0.15, -0.1) is 11.3 Å². The Morgan fingerprint density at radius 3 is 0.812 bits per heavy atom.